The molecule has 0 spiro atoms. The molecule has 0 saturated carbocycles. The largest absolute Gasteiger partial charge is 1.00 e. The van der Waals surface area contributed by atoms with Crippen LogP contribution >= 0.6 is 29.0 Å². The van der Waals surface area contributed by atoms with E-state index in [1.807, 2.05) is 0 Å². The fourth-order valence-corrected chi connectivity index (χ4v) is 0. The second-order valence-corrected chi connectivity index (χ2v) is 0.874. The quantitative estimate of drug-likeness (QED) is 0.289. The SMILES string of the molecule is O=C([O-])P.O=C=O.P.[H+].[Li+].[Li+].[PH2-]. The molecule has 0 aliphatic carbocycles. The molecule has 0 heterocycles. The third-order valence-corrected chi connectivity index (χ3v) is 0. The van der Waals surface area contributed by atoms with Crippen LogP contribution in [0.25, 0.3) is 0 Å². The normalized spacial score (nSPS) is 3.00. The summed E-state index contributed by atoms with van der Waals surface area (Å²) in [5.74, 6) is 0. The van der Waals surface area contributed by atoms with Crippen molar-refractivity contribution in [3.8, 4) is 0 Å². The van der Waals surface area contributed by atoms with Gasteiger partial charge in [0.1, 0.15) is 0 Å². The standard InChI is InChI=1S/CH3O2P.CO2.2Li.H3P.H2P/c2-1(3)4;2-1-3;;;;/h4H2,(H,2,3);;;;1H3;1H2/q;;2*+1;;-1. The van der Waals surface area contributed by atoms with Gasteiger partial charge in [0, 0.05) is 0 Å². The van der Waals surface area contributed by atoms with Gasteiger partial charge in [0.2, 0.25) is 0 Å². The first-order valence-corrected chi connectivity index (χ1v) is 1.68. The van der Waals surface area contributed by atoms with Crippen LogP contribution in [0.1, 0.15) is 1.43 Å². The third-order valence-electron chi connectivity index (χ3n) is 0. The molecule has 0 aliphatic heterocycles. The molecule has 4 nitrogen and oxygen atoms in total. The predicted octanol–water partition coefficient (Wildman–Crippen LogP) is -6.87. The molecule has 0 N–H and O–H groups in total. The van der Waals surface area contributed by atoms with Gasteiger partial charge in [-0.2, -0.15) is 19.5 Å². The zero-order valence-corrected chi connectivity index (χ0v) is 10.2. The van der Waals surface area contributed by atoms with Gasteiger partial charge in [-0.15, -0.1) is 0 Å². The smallest absolute Gasteiger partial charge is 0.577 e. The number of hydrogen-bond donors (Lipinski definition) is 0. The van der Waals surface area contributed by atoms with Gasteiger partial charge >= 0.3 is 45.3 Å². The summed E-state index contributed by atoms with van der Waals surface area (Å²) >= 11 is 0. The van der Waals surface area contributed by atoms with Crippen molar-refractivity contribution in [3.63, 3.8) is 0 Å². The number of carbonyl (C=O) groups is 1. The van der Waals surface area contributed by atoms with Crippen LogP contribution in [-0.4, -0.2) is 11.9 Å². The Balaban J connectivity index is -0.00000000597. The van der Waals surface area contributed by atoms with Gasteiger partial charge in [0.15, 0.2) is 0 Å². The molecule has 2 atom stereocenters. The van der Waals surface area contributed by atoms with Crippen LogP contribution < -0.4 is 42.8 Å². The van der Waals surface area contributed by atoms with Gasteiger partial charge < -0.3 is 19.8 Å². The summed E-state index contributed by atoms with van der Waals surface area (Å²) in [5.41, 5.74) is -1.17. The first-order valence-electron chi connectivity index (χ1n) is 1.11. The molecule has 0 aromatic rings. The van der Waals surface area contributed by atoms with E-state index in [0.717, 1.165) is 0 Å². The summed E-state index contributed by atoms with van der Waals surface area (Å²) in [5, 5.41) is 8.85. The summed E-state index contributed by atoms with van der Waals surface area (Å²) in [6, 6.07) is 0. The maximum Gasteiger partial charge on any atom is 1.00 e. The van der Waals surface area contributed by atoms with E-state index in [9.17, 15) is 0 Å². The van der Waals surface area contributed by atoms with Crippen LogP contribution in [0, 0.1) is 0 Å². The van der Waals surface area contributed by atoms with E-state index in [-0.39, 0.29) is 65.1 Å². The Morgan fingerprint density at radius 2 is 1.36 bits per heavy atom. The maximum atomic E-state index is 8.85. The van der Waals surface area contributed by atoms with E-state index < -0.39 is 5.71 Å². The van der Waals surface area contributed by atoms with Crippen molar-refractivity contribution >= 4 is 40.9 Å². The molecule has 56 valence electrons. The molecule has 0 rings (SSSR count). The summed E-state index contributed by atoms with van der Waals surface area (Å²) < 4.78 is 0. The van der Waals surface area contributed by atoms with Gasteiger partial charge in [-0.1, -0.05) is 9.24 Å². The third kappa shape index (κ3) is 554. The van der Waals surface area contributed by atoms with E-state index in [2.05, 4.69) is 0 Å². The molecule has 0 radical (unpaired) electrons. The molecule has 0 aromatic carbocycles. The number of carbonyl (C=O) groups excluding carboxylic acids is 3. The minimum atomic E-state index is -1.17. The Labute approximate surface area is 99.3 Å². The van der Waals surface area contributed by atoms with Gasteiger partial charge in [-0.3, -0.25) is 0 Å². The summed E-state index contributed by atoms with van der Waals surface area (Å²) in [6.07, 6.45) is 0.250. The maximum absolute atomic E-state index is 8.85. The van der Waals surface area contributed by atoms with Crippen molar-refractivity contribution in [2.75, 3.05) is 0 Å². The minimum Gasteiger partial charge on any atom is -0.577 e. The Hall–Kier alpha value is 1.33. The Kier molecular flexibility index (Phi) is 153. The fourth-order valence-electron chi connectivity index (χ4n) is 0. The monoisotopic (exact) mass is 203 g/mol. The molecule has 0 fully saturated rings. The van der Waals surface area contributed by atoms with E-state index in [0.29, 0.717) is 0 Å². The second kappa shape index (κ2) is 42.5. The average Bonchev–Trinajstić information content (AvgIpc) is 1.33. The number of rotatable bonds is 0. The molecule has 2 unspecified atom stereocenters. The fraction of sp³-hybridized carbons (Fsp3) is 0. The van der Waals surface area contributed by atoms with Crippen molar-refractivity contribution in [2.24, 2.45) is 0 Å². The summed E-state index contributed by atoms with van der Waals surface area (Å²) in [4.78, 5) is 25.1. The van der Waals surface area contributed by atoms with Crippen LogP contribution in [0.2, 0.25) is 0 Å². The van der Waals surface area contributed by atoms with E-state index in [1.165, 1.54) is 9.24 Å². The first-order chi connectivity index (χ1) is 3.15. The minimum absolute atomic E-state index is 0. The van der Waals surface area contributed by atoms with Crippen LogP contribution in [0.5, 0.6) is 0 Å². The molecule has 0 bridgehead atoms. The zero-order chi connectivity index (χ0) is 6.28. The van der Waals surface area contributed by atoms with Crippen LogP contribution in [0.15, 0.2) is 0 Å². The molecule has 9 heteroatoms. The number of hydrogen-bond acceptors (Lipinski definition) is 4. The Morgan fingerprint density at radius 1 is 1.36 bits per heavy atom. The first kappa shape index (κ1) is 39.5. The van der Waals surface area contributed by atoms with Crippen LogP contribution in [0.4, 0.5) is 4.79 Å². The van der Waals surface area contributed by atoms with Crippen LogP contribution in [0.3, 0.4) is 0 Å². The van der Waals surface area contributed by atoms with Crippen molar-refractivity contribution < 1.29 is 58.6 Å². The van der Waals surface area contributed by atoms with E-state index in [1.54, 1.807) is 0 Å². The van der Waals surface area contributed by atoms with Gasteiger partial charge in [-0.25, -0.2) is 0 Å². The van der Waals surface area contributed by atoms with Crippen molar-refractivity contribution in [1.29, 1.82) is 0 Å². The Bertz CT molecular complexity index is 94.3. The van der Waals surface area contributed by atoms with E-state index >= 15 is 0 Å². The molecule has 0 aromatic heterocycles. The molecular weight excluding hydrogens is 195 g/mol. The average molecular weight is 203 g/mol. The molecule has 0 amide bonds. The summed E-state index contributed by atoms with van der Waals surface area (Å²) in [7, 11) is 1.46. The summed E-state index contributed by atoms with van der Waals surface area (Å²) in [6.45, 7) is 0. The molecule has 0 saturated heterocycles. The van der Waals surface area contributed by atoms with Crippen molar-refractivity contribution in [1.82, 2.24) is 0 Å². The van der Waals surface area contributed by atoms with Crippen molar-refractivity contribution in [2.45, 2.75) is 0 Å². The number of carboxylic acid groups (broad SMARTS) is 1. The second-order valence-electron chi connectivity index (χ2n) is 0.402. The zero-order valence-electron chi connectivity index (χ0n) is 7.49. The van der Waals surface area contributed by atoms with Gasteiger partial charge in [-0.05, 0) is 0 Å². The van der Waals surface area contributed by atoms with E-state index in [4.69, 9.17) is 19.5 Å². The Morgan fingerprint density at radius 3 is 1.36 bits per heavy atom. The molecule has 0 aliphatic rings. The van der Waals surface area contributed by atoms with Crippen molar-refractivity contribution in [3.05, 3.63) is 0 Å². The molecule has 11 heavy (non-hydrogen) atoms. The predicted molar refractivity (Wildman–Crippen MR) is 42.0 cm³/mol. The molecular formula is C2H8Li2O4P3+. The van der Waals surface area contributed by atoms with Gasteiger partial charge in [0.05, 0.1) is 5.71 Å². The van der Waals surface area contributed by atoms with Gasteiger partial charge in [0.25, 0.3) is 0 Å². The topological polar surface area (TPSA) is 74.3 Å². The van der Waals surface area contributed by atoms with Crippen LogP contribution in [-0.2, 0) is 9.59 Å².